The molecule has 2 aromatic rings. The third-order valence-electron chi connectivity index (χ3n) is 5.04. The summed E-state index contributed by atoms with van der Waals surface area (Å²) in [4.78, 5) is 0. The topological polar surface area (TPSA) is 63.6 Å². The van der Waals surface area contributed by atoms with E-state index < -0.39 is 54.8 Å². The van der Waals surface area contributed by atoms with Crippen LogP contribution in [0.4, 0.5) is 13.2 Å². The summed E-state index contributed by atoms with van der Waals surface area (Å²) < 4.78 is 74.0. The zero-order valence-corrected chi connectivity index (χ0v) is 22.7. The van der Waals surface area contributed by atoms with Crippen molar-refractivity contribution >= 4 is 30.4 Å². The van der Waals surface area contributed by atoms with Crippen LogP contribution in [0.2, 0.25) is 0 Å². The van der Waals surface area contributed by atoms with Gasteiger partial charge in [0.15, 0.2) is 0 Å². The number of aliphatic hydroxyl groups excluding tert-OH is 1. The van der Waals surface area contributed by atoms with Crippen LogP contribution in [0.3, 0.4) is 0 Å². The molecule has 2 rings (SSSR count). The van der Waals surface area contributed by atoms with Gasteiger partial charge in [-0.2, -0.15) is 0 Å². The normalized spacial score (nSPS) is 14.8. The summed E-state index contributed by atoms with van der Waals surface area (Å²) >= 11 is -3.41. The second-order valence-corrected chi connectivity index (χ2v) is 16.4. The molecular formula is C24H32F3IO4S. The molecule has 0 saturated heterocycles. The number of aliphatic hydroxyl groups is 1. The van der Waals surface area contributed by atoms with Crippen molar-refractivity contribution in [3.63, 3.8) is 0 Å². The van der Waals surface area contributed by atoms with Crippen LogP contribution in [0.1, 0.15) is 59.1 Å². The van der Waals surface area contributed by atoms with E-state index in [1.807, 2.05) is 65.8 Å². The SMILES string of the molecule is CC(C)(C)c1ccc(I(OS(=O)(=O)C(F)(F)C(F)CCO)c2ccc(C(C)(C)C)cc2)cc1. The van der Waals surface area contributed by atoms with E-state index in [9.17, 15) is 21.6 Å². The molecule has 33 heavy (non-hydrogen) atoms. The number of rotatable bonds is 8. The second-order valence-electron chi connectivity index (χ2n) is 9.82. The van der Waals surface area contributed by atoms with Gasteiger partial charge in [-0.1, -0.05) is 0 Å². The predicted octanol–water partition coefficient (Wildman–Crippen LogP) is 6.40. The Morgan fingerprint density at radius 3 is 1.52 bits per heavy atom. The van der Waals surface area contributed by atoms with Gasteiger partial charge in [-0.15, -0.1) is 0 Å². The third-order valence-corrected chi connectivity index (χ3v) is 12.5. The van der Waals surface area contributed by atoms with E-state index >= 15 is 0 Å². The average Bonchev–Trinajstić information content (AvgIpc) is 2.71. The first kappa shape index (κ1) is 28.1. The molecule has 0 amide bonds. The molecule has 0 aromatic heterocycles. The Kier molecular flexibility index (Phi) is 8.69. The molecule has 0 fully saturated rings. The van der Waals surface area contributed by atoms with Gasteiger partial charge in [-0.3, -0.25) is 0 Å². The van der Waals surface area contributed by atoms with E-state index in [-0.39, 0.29) is 10.8 Å². The maximum atomic E-state index is 14.4. The fourth-order valence-corrected chi connectivity index (χ4v) is 9.85. The van der Waals surface area contributed by atoms with Gasteiger partial charge in [0.05, 0.1) is 0 Å². The molecule has 1 atom stereocenters. The number of halogens is 4. The molecule has 0 radical (unpaired) electrons. The number of alkyl halides is 3. The van der Waals surface area contributed by atoms with Crippen molar-refractivity contribution in [1.82, 2.24) is 0 Å². The second kappa shape index (κ2) is 10.2. The summed E-state index contributed by atoms with van der Waals surface area (Å²) in [6, 6.07) is 14.0. The molecule has 1 N–H and O–H groups in total. The van der Waals surface area contributed by atoms with Crippen molar-refractivity contribution in [2.45, 2.75) is 70.2 Å². The minimum atomic E-state index is -5.60. The summed E-state index contributed by atoms with van der Waals surface area (Å²) in [7, 11) is -5.60. The third kappa shape index (κ3) is 6.70. The van der Waals surface area contributed by atoms with Crippen LogP contribution in [0.15, 0.2) is 48.5 Å². The molecular weight excluding hydrogens is 568 g/mol. The van der Waals surface area contributed by atoms with Crippen molar-refractivity contribution in [2.24, 2.45) is 0 Å². The fraction of sp³-hybridized carbons (Fsp3) is 0.500. The first-order chi connectivity index (χ1) is 15.0. The molecule has 0 saturated carbocycles. The first-order valence-corrected chi connectivity index (χ1v) is 14.9. The standard InChI is InChI=1S/C24H32F3IO4S/c1-22(2,3)17-7-11-19(12-8-17)28(20-13-9-18(10-14-20)23(4,5)6)32-33(30,31)24(26,27)21(25)15-16-29/h7-14,21,29H,15-16H2,1-6H3. The Balaban J connectivity index is 2.54. The molecule has 0 aliphatic rings. The molecule has 0 spiro atoms. The zero-order chi connectivity index (χ0) is 25.2. The van der Waals surface area contributed by atoms with Crippen molar-refractivity contribution < 1.29 is 29.2 Å². The fourth-order valence-electron chi connectivity index (χ4n) is 2.89. The molecule has 2 aromatic carbocycles. The molecule has 1 unspecified atom stereocenters. The van der Waals surface area contributed by atoms with E-state index in [1.165, 1.54) is 0 Å². The average molecular weight is 600 g/mol. The van der Waals surface area contributed by atoms with E-state index in [1.54, 1.807) is 24.3 Å². The summed E-state index contributed by atoms with van der Waals surface area (Å²) in [5, 5.41) is 4.01. The minimum absolute atomic E-state index is 0.155. The van der Waals surface area contributed by atoms with E-state index in [0.29, 0.717) is 7.14 Å². The van der Waals surface area contributed by atoms with Crippen molar-refractivity contribution in [1.29, 1.82) is 0 Å². The Hall–Kier alpha value is -1.17. The molecule has 9 heteroatoms. The van der Waals surface area contributed by atoms with Crippen molar-refractivity contribution in [3.05, 3.63) is 66.8 Å². The molecule has 4 nitrogen and oxygen atoms in total. The van der Waals surface area contributed by atoms with Gasteiger partial charge < -0.3 is 0 Å². The first-order valence-electron chi connectivity index (χ1n) is 10.5. The van der Waals surface area contributed by atoms with Gasteiger partial charge in [-0.05, 0) is 0 Å². The Bertz CT molecular complexity index is 968. The molecule has 0 aliphatic carbocycles. The van der Waals surface area contributed by atoms with Gasteiger partial charge in [0.25, 0.3) is 0 Å². The molecule has 0 aliphatic heterocycles. The van der Waals surface area contributed by atoms with Gasteiger partial charge in [0.2, 0.25) is 0 Å². The Labute approximate surface area is 202 Å². The Morgan fingerprint density at radius 1 is 0.848 bits per heavy atom. The summed E-state index contributed by atoms with van der Waals surface area (Å²) in [5.41, 5.74) is 1.67. The van der Waals surface area contributed by atoms with Crippen LogP contribution in [-0.2, 0) is 23.5 Å². The molecule has 0 bridgehead atoms. The summed E-state index contributed by atoms with van der Waals surface area (Å²) in [5.74, 6) is 0. The Morgan fingerprint density at radius 2 is 1.21 bits per heavy atom. The van der Waals surface area contributed by atoms with Crippen LogP contribution in [-0.4, -0.2) is 31.6 Å². The zero-order valence-electron chi connectivity index (χ0n) is 19.7. The van der Waals surface area contributed by atoms with E-state index in [0.717, 1.165) is 11.1 Å². The molecule has 0 heterocycles. The monoisotopic (exact) mass is 600 g/mol. The molecule has 186 valence electrons. The quantitative estimate of drug-likeness (QED) is 0.357. The van der Waals surface area contributed by atoms with Crippen molar-refractivity contribution in [3.8, 4) is 0 Å². The number of hydrogen-bond acceptors (Lipinski definition) is 4. The van der Waals surface area contributed by atoms with Gasteiger partial charge in [0, 0.05) is 0 Å². The van der Waals surface area contributed by atoms with Crippen LogP contribution in [0, 0.1) is 7.14 Å². The van der Waals surface area contributed by atoms with Gasteiger partial charge in [0.1, 0.15) is 0 Å². The number of benzene rings is 2. The maximum absolute atomic E-state index is 14.4. The van der Waals surface area contributed by atoms with E-state index in [4.69, 9.17) is 7.62 Å². The van der Waals surface area contributed by atoms with Crippen LogP contribution >= 0.6 is 20.2 Å². The van der Waals surface area contributed by atoms with Crippen LogP contribution in [0.5, 0.6) is 0 Å². The van der Waals surface area contributed by atoms with Crippen molar-refractivity contribution in [2.75, 3.05) is 6.61 Å². The van der Waals surface area contributed by atoms with Gasteiger partial charge in [-0.25, -0.2) is 0 Å². The predicted molar refractivity (Wildman–Crippen MR) is 133 cm³/mol. The van der Waals surface area contributed by atoms with Crippen LogP contribution < -0.4 is 0 Å². The van der Waals surface area contributed by atoms with E-state index in [2.05, 4.69) is 0 Å². The summed E-state index contributed by atoms with van der Waals surface area (Å²) in [6.45, 7) is 11.2. The summed E-state index contributed by atoms with van der Waals surface area (Å²) in [6.07, 6.45) is -4.08. The number of hydrogen-bond donors (Lipinski definition) is 1. The van der Waals surface area contributed by atoms with Gasteiger partial charge >= 0.3 is 203 Å². The van der Waals surface area contributed by atoms with Crippen LogP contribution in [0.25, 0.3) is 0 Å².